The maximum atomic E-state index is 13.0. The molecular formula is C26H28N6O2S. The van der Waals surface area contributed by atoms with Crippen LogP contribution in [0.3, 0.4) is 0 Å². The summed E-state index contributed by atoms with van der Waals surface area (Å²) >= 11 is 1.65. The van der Waals surface area contributed by atoms with Gasteiger partial charge in [0.15, 0.2) is 0 Å². The Morgan fingerprint density at radius 2 is 1.97 bits per heavy atom. The molecule has 9 heteroatoms. The normalized spacial score (nSPS) is 14.9. The second-order valence-electron chi connectivity index (χ2n) is 9.08. The van der Waals surface area contributed by atoms with Gasteiger partial charge in [-0.05, 0) is 55.8 Å². The van der Waals surface area contributed by atoms with Gasteiger partial charge in [-0.1, -0.05) is 18.2 Å². The number of thiophene rings is 1. The molecule has 4 aromatic rings. The van der Waals surface area contributed by atoms with Crippen molar-refractivity contribution >= 4 is 34.1 Å². The number of nitrogens with zero attached hydrogens (tertiary/aromatic N) is 4. The summed E-state index contributed by atoms with van der Waals surface area (Å²) in [6.45, 7) is 6.23. The van der Waals surface area contributed by atoms with Gasteiger partial charge >= 0.3 is 5.69 Å². The van der Waals surface area contributed by atoms with E-state index < -0.39 is 0 Å². The number of imidazole rings is 1. The van der Waals surface area contributed by atoms with Gasteiger partial charge in [-0.3, -0.25) is 14.3 Å². The Balaban J connectivity index is 1.26. The summed E-state index contributed by atoms with van der Waals surface area (Å²) in [7, 11) is 0. The molecule has 0 radical (unpaired) electrons. The summed E-state index contributed by atoms with van der Waals surface area (Å²) in [5, 5.41) is 14.8. The SMILES string of the molecule is Cc1c(C#N)c(NC(=O)CN2CCC(n3c(=O)[nH]c4ccccc43)CC2)n(Cc2cccs2)c1C. The number of anilines is 1. The van der Waals surface area contributed by atoms with E-state index in [4.69, 9.17) is 0 Å². The number of hydrogen-bond acceptors (Lipinski definition) is 5. The molecule has 1 aliphatic heterocycles. The Labute approximate surface area is 207 Å². The quantitative estimate of drug-likeness (QED) is 0.428. The molecule has 35 heavy (non-hydrogen) atoms. The number of carbonyl (C=O) groups is 1. The highest BCUT2D eigenvalue weighted by atomic mass is 32.1. The average Bonchev–Trinajstić information content (AvgIpc) is 3.54. The molecule has 0 unspecified atom stereocenters. The number of nitrogens with one attached hydrogen (secondary N) is 2. The Hall–Kier alpha value is -3.61. The average molecular weight is 489 g/mol. The van der Waals surface area contributed by atoms with Crippen LogP contribution in [-0.4, -0.2) is 44.6 Å². The lowest BCUT2D eigenvalue weighted by atomic mass is 10.0. The number of aromatic amines is 1. The van der Waals surface area contributed by atoms with Crippen LogP contribution in [-0.2, 0) is 11.3 Å². The molecule has 1 fully saturated rings. The van der Waals surface area contributed by atoms with Gasteiger partial charge in [-0.15, -0.1) is 11.3 Å². The number of para-hydroxylation sites is 2. The third-order valence-corrected chi connectivity index (χ3v) is 7.87. The van der Waals surface area contributed by atoms with Gasteiger partial charge in [0.05, 0.1) is 29.7 Å². The molecule has 1 aromatic carbocycles. The summed E-state index contributed by atoms with van der Waals surface area (Å²) in [5.41, 5.74) is 4.09. The van der Waals surface area contributed by atoms with E-state index in [2.05, 4.69) is 27.3 Å². The molecule has 3 aromatic heterocycles. The first-order chi connectivity index (χ1) is 17.0. The lowest BCUT2D eigenvalue weighted by Crippen LogP contribution is -2.41. The van der Waals surface area contributed by atoms with E-state index in [9.17, 15) is 14.9 Å². The summed E-state index contributed by atoms with van der Waals surface area (Å²) in [4.78, 5) is 31.8. The van der Waals surface area contributed by atoms with Gasteiger partial charge in [-0.2, -0.15) is 5.26 Å². The highest BCUT2D eigenvalue weighted by Gasteiger charge is 2.26. The van der Waals surface area contributed by atoms with Crippen molar-refractivity contribution in [3.05, 3.63) is 74.0 Å². The minimum atomic E-state index is -0.130. The van der Waals surface area contributed by atoms with E-state index in [1.165, 1.54) is 0 Å². The minimum absolute atomic E-state index is 0.0799. The second kappa shape index (κ2) is 9.56. The van der Waals surface area contributed by atoms with E-state index in [0.29, 0.717) is 17.9 Å². The number of H-pyrrole nitrogens is 1. The first-order valence-corrected chi connectivity index (χ1v) is 12.7. The summed E-state index contributed by atoms with van der Waals surface area (Å²) in [6, 6.07) is 14.2. The molecule has 0 aliphatic carbocycles. The van der Waals surface area contributed by atoms with Gasteiger partial charge in [-0.25, -0.2) is 4.79 Å². The van der Waals surface area contributed by atoms with E-state index in [-0.39, 0.29) is 24.2 Å². The van der Waals surface area contributed by atoms with Crippen molar-refractivity contribution in [1.29, 1.82) is 5.26 Å². The molecule has 4 heterocycles. The first-order valence-electron chi connectivity index (χ1n) is 11.8. The molecular weight excluding hydrogens is 460 g/mol. The predicted octanol–water partition coefficient (Wildman–Crippen LogP) is 4.01. The molecule has 1 saturated heterocycles. The molecule has 0 atom stereocenters. The molecule has 2 N–H and O–H groups in total. The number of likely N-dealkylation sites (tertiary alicyclic amines) is 1. The first kappa shape index (κ1) is 23.1. The standard InChI is InChI=1S/C26H28N6O2S/c1-17-18(2)31(15-20-6-5-13-35-20)25(21(17)14-27)29-24(33)16-30-11-9-19(10-12-30)32-23-8-4-3-7-22(23)28-26(32)34/h3-8,13,19H,9-12,15-16H2,1-2H3,(H,28,34)(H,29,33). The zero-order valence-corrected chi connectivity index (χ0v) is 20.7. The number of piperidine rings is 1. The third kappa shape index (κ3) is 4.43. The number of hydrogen-bond donors (Lipinski definition) is 2. The Morgan fingerprint density at radius 3 is 2.69 bits per heavy atom. The topological polar surface area (TPSA) is 98.8 Å². The number of rotatable bonds is 6. The van der Waals surface area contributed by atoms with Crippen LogP contribution >= 0.6 is 11.3 Å². The van der Waals surface area contributed by atoms with Crippen molar-refractivity contribution in [3.8, 4) is 6.07 Å². The fourth-order valence-corrected chi connectivity index (χ4v) is 5.73. The van der Waals surface area contributed by atoms with Crippen LogP contribution in [0.4, 0.5) is 5.82 Å². The monoisotopic (exact) mass is 488 g/mol. The van der Waals surface area contributed by atoms with Gasteiger partial charge in [0, 0.05) is 29.7 Å². The van der Waals surface area contributed by atoms with E-state index in [0.717, 1.165) is 53.1 Å². The molecule has 1 aliphatic rings. The summed E-state index contributed by atoms with van der Waals surface area (Å²) < 4.78 is 3.88. The van der Waals surface area contributed by atoms with Crippen molar-refractivity contribution in [3.63, 3.8) is 0 Å². The van der Waals surface area contributed by atoms with Crippen LogP contribution in [0.25, 0.3) is 11.0 Å². The van der Waals surface area contributed by atoms with Gasteiger partial charge in [0.25, 0.3) is 0 Å². The number of carbonyl (C=O) groups excluding carboxylic acids is 1. The summed E-state index contributed by atoms with van der Waals surface area (Å²) in [6.07, 6.45) is 1.59. The van der Waals surface area contributed by atoms with Gasteiger partial charge in [0.1, 0.15) is 11.9 Å². The molecule has 0 saturated carbocycles. The Kier molecular flexibility index (Phi) is 6.32. The van der Waals surface area contributed by atoms with Gasteiger partial charge in [0.2, 0.25) is 5.91 Å². The lowest BCUT2D eigenvalue weighted by molar-refractivity contribution is -0.117. The lowest BCUT2D eigenvalue weighted by Gasteiger charge is -2.32. The maximum Gasteiger partial charge on any atom is 0.326 e. The Morgan fingerprint density at radius 1 is 1.20 bits per heavy atom. The van der Waals surface area contributed by atoms with Crippen LogP contribution < -0.4 is 11.0 Å². The van der Waals surface area contributed by atoms with Crippen molar-refractivity contribution in [1.82, 2.24) is 19.0 Å². The van der Waals surface area contributed by atoms with Crippen LogP contribution in [0.15, 0.2) is 46.6 Å². The number of benzene rings is 1. The maximum absolute atomic E-state index is 13.0. The number of nitriles is 1. The largest absolute Gasteiger partial charge is 0.326 e. The van der Waals surface area contributed by atoms with Crippen molar-refractivity contribution in [2.24, 2.45) is 0 Å². The highest BCUT2D eigenvalue weighted by Crippen LogP contribution is 2.29. The molecule has 180 valence electrons. The van der Waals surface area contributed by atoms with Crippen molar-refractivity contribution in [2.75, 3.05) is 25.0 Å². The fourth-order valence-electron chi connectivity index (χ4n) is 5.03. The highest BCUT2D eigenvalue weighted by molar-refractivity contribution is 7.09. The second-order valence-corrected chi connectivity index (χ2v) is 10.1. The summed E-state index contributed by atoms with van der Waals surface area (Å²) in [5.74, 6) is 0.440. The van der Waals surface area contributed by atoms with Crippen molar-refractivity contribution < 1.29 is 4.79 Å². The van der Waals surface area contributed by atoms with E-state index >= 15 is 0 Å². The van der Waals surface area contributed by atoms with E-state index in [1.807, 2.05) is 58.7 Å². The van der Waals surface area contributed by atoms with Crippen LogP contribution in [0, 0.1) is 25.2 Å². The predicted molar refractivity (Wildman–Crippen MR) is 138 cm³/mol. The van der Waals surface area contributed by atoms with Crippen LogP contribution in [0.2, 0.25) is 0 Å². The Bertz CT molecular complexity index is 1460. The number of fused-ring (bicyclic) bond motifs is 1. The minimum Gasteiger partial charge on any atom is -0.325 e. The van der Waals surface area contributed by atoms with Gasteiger partial charge < -0.3 is 14.9 Å². The smallest absolute Gasteiger partial charge is 0.325 e. The molecule has 8 nitrogen and oxygen atoms in total. The molecule has 5 rings (SSSR count). The van der Waals surface area contributed by atoms with Crippen LogP contribution in [0.1, 0.15) is 40.6 Å². The third-order valence-electron chi connectivity index (χ3n) is 7.01. The van der Waals surface area contributed by atoms with Crippen LogP contribution in [0.5, 0.6) is 0 Å². The fraction of sp³-hybridized carbons (Fsp3) is 0.346. The van der Waals surface area contributed by atoms with Crippen molar-refractivity contribution in [2.45, 2.75) is 39.3 Å². The molecule has 1 amide bonds. The molecule has 0 bridgehead atoms. The van der Waals surface area contributed by atoms with E-state index in [1.54, 1.807) is 11.3 Å². The molecule has 0 spiro atoms. The number of amides is 1. The zero-order valence-electron chi connectivity index (χ0n) is 19.9. The zero-order chi connectivity index (χ0) is 24.5. The number of aromatic nitrogens is 3.